The van der Waals surface area contributed by atoms with Crippen LogP contribution in [0.1, 0.15) is 22.1 Å². The van der Waals surface area contributed by atoms with Crippen molar-refractivity contribution in [3.63, 3.8) is 0 Å². The van der Waals surface area contributed by atoms with Gasteiger partial charge in [0.25, 0.3) is 5.91 Å². The minimum absolute atomic E-state index is 0.270. The number of aromatic nitrogens is 1. The first kappa shape index (κ1) is 10.1. The molecule has 0 unspecified atom stereocenters. The number of nitrogens with two attached hydrogens (primary N) is 1. The Morgan fingerprint density at radius 2 is 2.38 bits per heavy atom. The van der Waals surface area contributed by atoms with Gasteiger partial charge in [0.2, 0.25) is 0 Å². The van der Waals surface area contributed by atoms with Gasteiger partial charge < -0.3 is 10.2 Å². The zero-order valence-electron chi connectivity index (χ0n) is 7.66. The maximum absolute atomic E-state index is 10.9. The summed E-state index contributed by atoms with van der Waals surface area (Å²) < 4.78 is 5.25. The van der Waals surface area contributed by atoms with Crippen LogP contribution >= 0.6 is 11.8 Å². The van der Waals surface area contributed by atoms with Crippen molar-refractivity contribution in [2.24, 2.45) is 5.73 Å². The molecule has 2 N–H and O–H groups in total. The first-order valence-corrected chi connectivity index (χ1v) is 5.29. The second kappa shape index (κ2) is 4.32. The SMILES string of the molecule is CSCCc1oc(C)nc1C(N)=O. The molecule has 0 saturated carbocycles. The molecule has 1 rings (SSSR count). The van der Waals surface area contributed by atoms with Crippen LogP contribution in [0.3, 0.4) is 0 Å². The van der Waals surface area contributed by atoms with E-state index in [0.717, 1.165) is 5.75 Å². The number of hydrogen-bond donors (Lipinski definition) is 1. The van der Waals surface area contributed by atoms with Gasteiger partial charge in [-0.25, -0.2) is 4.98 Å². The summed E-state index contributed by atoms with van der Waals surface area (Å²) in [5.41, 5.74) is 5.40. The Balaban J connectivity index is 2.84. The molecule has 0 bridgehead atoms. The summed E-state index contributed by atoms with van der Waals surface area (Å²) in [6.45, 7) is 1.70. The quantitative estimate of drug-likeness (QED) is 0.786. The molecule has 1 aromatic rings. The zero-order valence-corrected chi connectivity index (χ0v) is 8.48. The predicted octanol–water partition coefficient (Wildman–Crippen LogP) is 0.987. The van der Waals surface area contributed by atoms with Gasteiger partial charge in [-0.3, -0.25) is 4.79 Å². The molecule has 0 atom stereocenters. The number of carbonyl (C=O) groups is 1. The van der Waals surface area contributed by atoms with Crippen LogP contribution in [0.4, 0.5) is 0 Å². The van der Waals surface area contributed by atoms with Gasteiger partial charge in [-0.05, 0) is 6.26 Å². The van der Waals surface area contributed by atoms with Crippen molar-refractivity contribution in [3.05, 3.63) is 17.3 Å². The smallest absolute Gasteiger partial charge is 0.270 e. The average molecular weight is 200 g/mol. The monoisotopic (exact) mass is 200 g/mol. The molecule has 0 aliphatic carbocycles. The fourth-order valence-corrected chi connectivity index (χ4v) is 1.42. The van der Waals surface area contributed by atoms with Crippen LogP contribution in [0.15, 0.2) is 4.42 Å². The van der Waals surface area contributed by atoms with Gasteiger partial charge in [-0.1, -0.05) is 0 Å². The van der Waals surface area contributed by atoms with Crippen molar-refractivity contribution in [1.82, 2.24) is 4.98 Å². The average Bonchev–Trinajstić information content (AvgIpc) is 2.43. The standard InChI is InChI=1S/C8H12N2O2S/c1-5-10-7(8(9)11)6(12-5)3-4-13-2/h3-4H2,1-2H3,(H2,9,11). The lowest BCUT2D eigenvalue weighted by Crippen LogP contribution is -2.14. The molecule has 0 radical (unpaired) electrons. The van der Waals surface area contributed by atoms with Crippen molar-refractivity contribution in [3.8, 4) is 0 Å². The third-order valence-electron chi connectivity index (χ3n) is 1.57. The second-order valence-corrected chi connectivity index (χ2v) is 3.60. The van der Waals surface area contributed by atoms with Crippen LogP contribution in [0, 0.1) is 6.92 Å². The van der Waals surface area contributed by atoms with Gasteiger partial charge in [0, 0.05) is 19.1 Å². The van der Waals surface area contributed by atoms with Crippen LogP contribution < -0.4 is 5.73 Å². The van der Waals surface area contributed by atoms with Gasteiger partial charge in [0.1, 0.15) is 5.76 Å². The van der Waals surface area contributed by atoms with Crippen LogP contribution in [-0.2, 0) is 6.42 Å². The fraction of sp³-hybridized carbons (Fsp3) is 0.500. The molecule has 1 heterocycles. The Kier molecular flexibility index (Phi) is 3.36. The summed E-state index contributed by atoms with van der Waals surface area (Å²) in [6.07, 6.45) is 2.69. The molecule has 1 amide bonds. The highest BCUT2D eigenvalue weighted by Gasteiger charge is 2.14. The lowest BCUT2D eigenvalue weighted by Gasteiger charge is -1.94. The fourth-order valence-electron chi connectivity index (χ4n) is 1.03. The summed E-state index contributed by atoms with van der Waals surface area (Å²) in [4.78, 5) is 14.8. The Morgan fingerprint density at radius 1 is 1.69 bits per heavy atom. The number of rotatable bonds is 4. The van der Waals surface area contributed by atoms with Crippen LogP contribution in [-0.4, -0.2) is 22.9 Å². The highest BCUT2D eigenvalue weighted by molar-refractivity contribution is 7.98. The van der Waals surface area contributed by atoms with E-state index in [4.69, 9.17) is 10.2 Å². The summed E-state index contributed by atoms with van der Waals surface area (Å²) >= 11 is 1.69. The molecule has 0 saturated heterocycles. The summed E-state index contributed by atoms with van der Waals surface area (Å²) in [7, 11) is 0. The van der Waals surface area contributed by atoms with E-state index in [0.29, 0.717) is 18.1 Å². The van der Waals surface area contributed by atoms with E-state index in [9.17, 15) is 4.79 Å². The number of primary amides is 1. The highest BCUT2D eigenvalue weighted by Crippen LogP contribution is 2.12. The zero-order chi connectivity index (χ0) is 9.84. The topological polar surface area (TPSA) is 69.1 Å². The van der Waals surface area contributed by atoms with Crippen molar-refractivity contribution in [2.75, 3.05) is 12.0 Å². The lowest BCUT2D eigenvalue weighted by molar-refractivity contribution is 0.0994. The lowest BCUT2D eigenvalue weighted by atomic mass is 10.3. The summed E-state index contributed by atoms with van der Waals surface area (Å²) in [6, 6.07) is 0. The molecular weight excluding hydrogens is 188 g/mol. The number of oxazole rings is 1. The highest BCUT2D eigenvalue weighted by atomic mass is 32.2. The van der Waals surface area contributed by atoms with Crippen molar-refractivity contribution in [2.45, 2.75) is 13.3 Å². The maximum atomic E-state index is 10.9. The Hall–Kier alpha value is -0.970. The third kappa shape index (κ3) is 2.48. The molecule has 72 valence electrons. The van der Waals surface area contributed by atoms with Gasteiger partial charge in [0.15, 0.2) is 11.6 Å². The molecule has 1 aromatic heterocycles. The largest absolute Gasteiger partial charge is 0.445 e. The van der Waals surface area contributed by atoms with Crippen molar-refractivity contribution >= 4 is 17.7 Å². The van der Waals surface area contributed by atoms with E-state index < -0.39 is 5.91 Å². The molecular formula is C8H12N2O2S. The van der Waals surface area contributed by atoms with Crippen LogP contribution in [0.25, 0.3) is 0 Å². The molecule has 0 spiro atoms. The van der Waals surface area contributed by atoms with E-state index in [-0.39, 0.29) is 5.69 Å². The minimum atomic E-state index is -0.520. The van der Waals surface area contributed by atoms with E-state index in [1.165, 1.54) is 0 Å². The number of amides is 1. The van der Waals surface area contributed by atoms with E-state index >= 15 is 0 Å². The molecule has 0 aromatic carbocycles. The van der Waals surface area contributed by atoms with Crippen molar-refractivity contribution in [1.29, 1.82) is 0 Å². The summed E-state index contributed by atoms with van der Waals surface area (Å²) in [5.74, 6) is 1.46. The van der Waals surface area contributed by atoms with Crippen LogP contribution in [0.2, 0.25) is 0 Å². The van der Waals surface area contributed by atoms with Gasteiger partial charge in [-0.2, -0.15) is 11.8 Å². The molecule has 4 nitrogen and oxygen atoms in total. The molecule has 5 heteroatoms. The van der Waals surface area contributed by atoms with E-state index in [1.807, 2.05) is 6.26 Å². The molecule has 13 heavy (non-hydrogen) atoms. The maximum Gasteiger partial charge on any atom is 0.270 e. The molecule has 0 aliphatic rings. The number of carbonyl (C=O) groups excluding carboxylic acids is 1. The van der Waals surface area contributed by atoms with E-state index in [2.05, 4.69) is 4.98 Å². The Labute approximate surface area is 80.9 Å². The normalized spacial score (nSPS) is 10.3. The number of thioether (sulfide) groups is 1. The first-order valence-electron chi connectivity index (χ1n) is 3.90. The number of aryl methyl sites for hydroxylation is 2. The number of nitrogens with zero attached hydrogens (tertiary/aromatic N) is 1. The van der Waals surface area contributed by atoms with Crippen LogP contribution in [0.5, 0.6) is 0 Å². The van der Waals surface area contributed by atoms with Gasteiger partial charge in [0.05, 0.1) is 0 Å². The Bertz CT molecular complexity index is 309. The van der Waals surface area contributed by atoms with E-state index in [1.54, 1.807) is 18.7 Å². The van der Waals surface area contributed by atoms with Crippen molar-refractivity contribution < 1.29 is 9.21 Å². The predicted molar refractivity (Wildman–Crippen MR) is 51.8 cm³/mol. The van der Waals surface area contributed by atoms with Gasteiger partial charge in [-0.15, -0.1) is 0 Å². The third-order valence-corrected chi connectivity index (χ3v) is 2.18. The first-order chi connectivity index (χ1) is 6.15. The Morgan fingerprint density at radius 3 is 2.92 bits per heavy atom. The molecule has 0 aliphatic heterocycles. The number of hydrogen-bond acceptors (Lipinski definition) is 4. The minimum Gasteiger partial charge on any atom is -0.445 e. The summed E-state index contributed by atoms with van der Waals surface area (Å²) in [5, 5.41) is 0. The van der Waals surface area contributed by atoms with Gasteiger partial charge >= 0.3 is 0 Å². The second-order valence-electron chi connectivity index (χ2n) is 2.61. The molecule has 0 fully saturated rings.